The molecule has 0 amide bonds. The van der Waals surface area contributed by atoms with Crippen molar-refractivity contribution in [2.75, 3.05) is 17.3 Å². The van der Waals surface area contributed by atoms with E-state index in [1.54, 1.807) is 30.2 Å². The van der Waals surface area contributed by atoms with Crippen molar-refractivity contribution in [1.29, 1.82) is 5.41 Å². The molecule has 26 heavy (non-hydrogen) atoms. The van der Waals surface area contributed by atoms with E-state index in [1.165, 1.54) is 23.0 Å². The number of rotatable bonds is 4. The van der Waals surface area contributed by atoms with E-state index in [-0.39, 0.29) is 11.5 Å². The van der Waals surface area contributed by atoms with E-state index >= 15 is 0 Å². The normalized spacial score (nSPS) is 16.1. The molecule has 0 bridgehead atoms. The van der Waals surface area contributed by atoms with Crippen LogP contribution in [0.4, 0.5) is 11.6 Å². The van der Waals surface area contributed by atoms with Gasteiger partial charge in [0.1, 0.15) is 16.6 Å². The minimum absolute atomic E-state index is 0.0294. The highest BCUT2D eigenvalue weighted by Crippen LogP contribution is 2.38. The van der Waals surface area contributed by atoms with Crippen molar-refractivity contribution in [2.24, 2.45) is 0 Å². The Kier molecular flexibility index (Phi) is 3.85. The van der Waals surface area contributed by atoms with E-state index in [0.717, 1.165) is 5.69 Å². The van der Waals surface area contributed by atoms with Gasteiger partial charge in [-0.25, -0.2) is 9.78 Å². The van der Waals surface area contributed by atoms with Crippen LogP contribution >= 0.6 is 11.3 Å². The smallest absolute Gasteiger partial charge is 0.355 e. The summed E-state index contributed by atoms with van der Waals surface area (Å²) in [6.07, 6.45) is 0.943. The van der Waals surface area contributed by atoms with Crippen LogP contribution < -0.4 is 15.0 Å². The third-order valence-electron chi connectivity index (χ3n) is 4.01. The van der Waals surface area contributed by atoms with Gasteiger partial charge >= 0.3 is 5.97 Å². The fourth-order valence-corrected chi connectivity index (χ4v) is 3.59. The second-order valence-corrected chi connectivity index (χ2v) is 6.39. The van der Waals surface area contributed by atoms with Gasteiger partial charge in [-0.1, -0.05) is 0 Å². The molecule has 0 aliphatic carbocycles. The number of carboxylic acids is 1. The van der Waals surface area contributed by atoms with Gasteiger partial charge in [-0.15, -0.1) is 11.3 Å². The van der Waals surface area contributed by atoms with Crippen molar-refractivity contribution < 1.29 is 19.1 Å². The van der Waals surface area contributed by atoms with Gasteiger partial charge in [-0.05, 0) is 30.3 Å². The van der Waals surface area contributed by atoms with Crippen molar-refractivity contribution in [3.8, 4) is 5.75 Å². The molecule has 1 aromatic carbocycles. The van der Waals surface area contributed by atoms with E-state index in [4.69, 9.17) is 19.7 Å². The number of anilines is 2. The first-order chi connectivity index (χ1) is 12.6. The predicted molar refractivity (Wildman–Crippen MR) is 96.4 cm³/mol. The summed E-state index contributed by atoms with van der Waals surface area (Å²) in [7, 11) is 1.59. The van der Waals surface area contributed by atoms with Crippen LogP contribution in [0.2, 0.25) is 0 Å². The lowest BCUT2D eigenvalue weighted by atomic mass is 10.1. The van der Waals surface area contributed by atoms with E-state index < -0.39 is 12.1 Å². The Labute approximate surface area is 152 Å². The van der Waals surface area contributed by atoms with Crippen LogP contribution in [0.5, 0.6) is 5.75 Å². The average Bonchev–Trinajstić information content (AvgIpc) is 3.31. The molecule has 1 aliphatic heterocycles. The zero-order chi connectivity index (χ0) is 18.3. The summed E-state index contributed by atoms with van der Waals surface area (Å²) in [5.74, 6) is 0.299. The number of furan rings is 1. The Balaban J connectivity index is 1.80. The third kappa shape index (κ3) is 2.58. The molecule has 9 heteroatoms. The van der Waals surface area contributed by atoms with Crippen LogP contribution in [-0.2, 0) is 0 Å². The van der Waals surface area contributed by atoms with Crippen molar-refractivity contribution in [3.63, 3.8) is 0 Å². The molecule has 1 atom stereocenters. The monoisotopic (exact) mass is 370 g/mol. The summed E-state index contributed by atoms with van der Waals surface area (Å²) in [5, 5.41) is 22.9. The van der Waals surface area contributed by atoms with Crippen LogP contribution in [0.1, 0.15) is 27.2 Å². The Morgan fingerprint density at radius 2 is 2.15 bits per heavy atom. The lowest BCUT2D eigenvalue weighted by molar-refractivity contribution is 0.0691. The second-order valence-electron chi connectivity index (χ2n) is 5.50. The zero-order valence-corrected chi connectivity index (χ0v) is 14.4. The van der Waals surface area contributed by atoms with E-state index in [2.05, 4.69) is 10.3 Å². The summed E-state index contributed by atoms with van der Waals surface area (Å²) in [6, 6.07) is 8.98. The van der Waals surface area contributed by atoms with Crippen molar-refractivity contribution in [2.45, 2.75) is 6.17 Å². The van der Waals surface area contributed by atoms with Crippen LogP contribution in [0.15, 0.2) is 46.4 Å². The number of fused-ring (bicyclic) bond motifs is 1. The lowest BCUT2D eigenvalue weighted by Gasteiger charge is -2.36. The van der Waals surface area contributed by atoms with Gasteiger partial charge in [0, 0.05) is 11.1 Å². The maximum Gasteiger partial charge on any atom is 0.355 e. The minimum Gasteiger partial charge on any atom is -0.497 e. The number of nitrogens with zero attached hydrogens (tertiary/aromatic N) is 2. The first-order valence-electron chi connectivity index (χ1n) is 7.63. The Morgan fingerprint density at radius 1 is 1.38 bits per heavy atom. The van der Waals surface area contributed by atoms with E-state index in [1.807, 2.05) is 12.1 Å². The van der Waals surface area contributed by atoms with E-state index in [0.29, 0.717) is 22.2 Å². The molecule has 0 radical (unpaired) electrons. The SMILES string of the molecule is COc1ccc(N2C(=N)c3ccoc3NC2c2nc(C(=O)O)cs2)cc1. The highest BCUT2D eigenvalue weighted by molar-refractivity contribution is 7.10. The zero-order valence-electron chi connectivity index (χ0n) is 13.6. The summed E-state index contributed by atoms with van der Waals surface area (Å²) >= 11 is 1.21. The summed E-state index contributed by atoms with van der Waals surface area (Å²) in [4.78, 5) is 17.1. The number of aromatic nitrogens is 1. The molecular formula is C17H14N4O4S. The molecule has 8 nitrogen and oxygen atoms in total. The molecule has 0 saturated heterocycles. The van der Waals surface area contributed by atoms with Crippen molar-refractivity contribution >= 4 is 34.7 Å². The van der Waals surface area contributed by atoms with Gasteiger partial charge in [0.15, 0.2) is 11.9 Å². The highest BCUT2D eigenvalue weighted by Gasteiger charge is 2.35. The van der Waals surface area contributed by atoms with Gasteiger partial charge in [-0.2, -0.15) is 0 Å². The quantitative estimate of drug-likeness (QED) is 0.645. The molecule has 1 unspecified atom stereocenters. The second kappa shape index (κ2) is 6.19. The molecule has 0 spiro atoms. The van der Waals surface area contributed by atoms with Crippen LogP contribution in [0.25, 0.3) is 0 Å². The molecule has 3 aromatic rings. The topological polar surface area (TPSA) is 112 Å². The van der Waals surface area contributed by atoms with Gasteiger partial charge in [-0.3, -0.25) is 10.3 Å². The highest BCUT2D eigenvalue weighted by atomic mass is 32.1. The molecule has 1 aliphatic rings. The Morgan fingerprint density at radius 3 is 2.81 bits per heavy atom. The molecule has 3 N–H and O–H groups in total. The number of ether oxygens (including phenoxy) is 1. The maximum absolute atomic E-state index is 11.2. The van der Waals surface area contributed by atoms with Crippen LogP contribution in [0.3, 0.4) is 0 Å². The van der Waals surface area contributed by atoms with Crippen LogP contribution in [-0.4, -0.2) is 29.0 Å². The van der Waals surface area contributed by atoms with Gasteiger partial charge < -0.3 is 19.6 Å². The predicted octanol–water partition coefficient (Wildman–Crippen LogP) is 3.40. The minimum atomic E-state index is -1.09. The van der Waals surface area contributed by atoms with Crippen molar-refractivity contribution in [1.82, 2.24) is 4.98 Å². The molecular weight excluding hydrogens is 356 g/mol. The molecule has 0 fully saturated rings. The van der Waals surface area contributed by atoms with Crippen molar-refractivity contribution in [3.05, 3.63) is 58.2 Å². The van der Waals surface area contributed by atoms with E-state index in [9.17, 15) is 4.79 Å². The first kappa shape index (κ1) is 16.2. The average molecular weight is 370 g/mol. The summed E-state index contributed by atoms with van der Waals surface area (Å²) < 4.78 is 10.6. The summed E-state index contributed by atoms with van der Waals surface area (Å²) in [6.45, 7) is 0. The number of carboxylic acid groups (broad SMARTS) is 1. The molecule has 3 heterocycles. The largest absolute Gasteiger partial charge is 0.497 e. The molecule has 4 rings (SSSR count). The number of hydrogen-bond donors (Lipinski definition) is 3. The number of nitrogens with one attached hydrogen (secondary N) is 2. The third-order valence-corrected chi connectivity index (χ3v) is 4.91. The Bertz CT molecular complexity index is 979. The number of hydrogen-bond acceptors (Lipinski definition) is 7. The maximum atomic E-state index is 11.2. The van der Waals surface area contributed by atoms with Gasteiger partial charge in [0.05, 0.1) is 18.9 Å². The first-order valence-corrected chi connectivity index (χ1v) is 8.51. The number of thiazole rings is 1. The fraction of sp³-hybridized carbons (Fsp3) is 0.118. The molecule has 2 aromatic heterocycles. The number of amidine groups is 1. The number of benzene rings is 1. The Hall–Kier alpha value is -3.33. The fourth-order valence-electron chi connectivity index (χ4n) is 2.76. The van der Waals surface area contributed by atoms with Gasteiger partial charge in [0.25, 0.3) is 0 Å². The lowest BCUT2D eigenvalue weighted by Crippen LogP contribution is -2.42. The standard InChI is InChI=1S/C17H14N4O4S/c1-24-10-4-2-9(3-5-10)21-13(18)11-6-7-25-15(11)20-14(21)16-19-12(8-26-16)17(22)23/h2-8,14,18,20H,1H3,(H,22,23). The molecule has 0 saturated carbocycles. The number of carbonyl (C=O) groups is 1. The molecule has 132 valence electrons. The van der Waals surface area contributed by atoms with Crippen LogP contribution in [0, 0.1) is 5.41 Å². The number of aromatic carboxylic acids is 1. The summed E-state index contributed by atoms with van der Waals surface area (Å²) in [5.41, 5.74) is 1.33. The number of methoxy groups -OCH3 is 1. The van der Waals surface area contributed by atoms with Gasteiger partial charge in [0.2, 0.25) is 5.88 Å².